The molecular formula is C13H15N3O4. The van der Waals surface area contributed by atoms with Crippen LogP contribution < -0.4 is 5.73 Å². The molecule has 0 aromatic carbocycles. The number of primary amides is 1. The number of nitrogens with zero attached hydrogens (tertiary/aromatic N) is 2. The van der Waals surface area contributed by atoms with Crippen molar-refractivity contribution in [2.24, 2.45) is 5.73 Å². The number of pyridine rings is 1. The van der Waals surface area contributed by atoms with E-state index < -0.39 is 17.8 Å². The Labute approximate surface area is 115 Å². The first kappa shape index (κ1) is 14.0. The van der Waals surface area contributed by atoms with E-state index in [2.05, 4.69) is 4.98 Å². The van der Waals surface area contributed by atoms with Crippen molar-refractivity contribution in [2.75, 3.05) is 6.54 Å². The van der Waals surface area contributed by atoms with Crippen molar-refractivity contribution >= 4 is 17.8 Å². The average molecular weight is 277 g/mol. The average Bonchev–Trinajstić information content (AvgIpc) is 2.34. The highest BCUT2D eigenvalue weighted by Crippen LogP contribution is 2.25. The smallest absolute Gasteiger partial charge is 0.323 e. The molecule has 7 heteroatoms. The molecule has 1 fully saturated rings. The fourth-order valence-electron chi connectivity index (χ4n) is 2.02. The van der Waals surface area contributed by atoms with Crippen LogP contribution >= 0.6 is 0 Å². The van der Waals surface area contributed by atoms with Crippen molar-refractivity contribution < 1.29 is 19.5 Å². The van der Waals surface area contributed by atoms with Gasteiger partial charge in [-0.1, -0.05) is 0 Å². The summed E-state index contributed by atoms with van der Waals surface area (Å²) in [6.07, 6.45) is 3.81. The van der Waals surface area contributed by atoms with Gasteiger partial charge in [0.15, 0.2) is 0 Å². The Bertz CT molecular complexity index is 537. The van der Waals surface area contributed by atoms with E-state index in [-0.39, 0.29) is 23.8 Å². The van der Waals surface area contributed by atoms with Crippen molar-refractivity contribution in [3.63, 3.8) is 0 Å². The highest BCUT2D eigenvalue weighted by atomic mass is 16.4. The Hall–Kier alpha value is -2.44. The lowest BCUT2D eigenvalue weighted by atomic mass is 9.91. The van der Waals surface area contributed by atoms with Crippen LogP contribution in [-0.2, 0) is 4.79 Å². The molecule has 2 rings (SSSR count). The molecule has 0 atom stereocenters. The van der Waals surface area contributed by atoms with Gasteiger partial charge in [-0.2, -0.15) is 0 Å². The van der Waals surface area contributed by atoms with Crippen LogP contribution in [0, 0.1) is 0 Å². The first-order chi connectivity index (χ1) is 9.49. The van der Waals surface area contributed by atoms with Crippen LogP contribution in [0.2, 0.25) is 0 Å². The monoisotopic (exact) mass is 277 g/mol. The number of carboxylic acid groups (broad SMARTS) is 1. The molecule has 0 spiro atoms. The van der Waals surface area contributed by atoms with Crippen molar-refractivity contribution in [3.05, 3.63) is 29.6 Å². The molecule has 0 saturated heterocycles. The number of amides is 2. The summed E-state index contributed by atoms with van der Waals surface area (Å²) in [6, 6.07) is 2.74. The van der Waals surface area contributed by atoms with Gasteiger partial charge in [0.1, 0.15) is 12.2 Å². The minimum Gasteiger partial charge on any atom is -0.480 e. The van der Waals surface area contributed by atoms with Gasteiger partial charge >= 0.3 is 5.97 Å². The number of aromatic nitrogens is 1. The Balaban J connectivity index is 2.17. The molecular weight excluding hydrogens is 262 g/mol. The molecule has 7 nitrogen and oxygen atoms in total. The molecule has 1 aliphatic carbocycles. The summed E-state index contributed by atoms with van der Waals surface area (Å²) in [7, 11) is 0. The van der Waals surface area contributed by atoms with Crippen LogP contribution in [0.15, 0.2) is 18.3 Å². The van der Waals surface area contributed by atoms with E-state index in [9.17, 15) is 14.4 Å². The van der Waals surface area contributed by atoms with E-state index in [4.69, 9.17) is 10.8 Å². The van der Waals surface area contributed by atoms with E-state index in [0.29, 0.717) is 0 Å². The maximum atomic E-state index is 12.3. The van der Waals surface area contributed by atoms with E-state index >= 15 is 0 Å². The molecule has 0 bridgehead atoms. The summed E-state index contributed by atoms with van der Waals surface area (Å²) in [5.74, 6) is -2.12. The van der Waals surface area contributed by atoms with Crippen LogP contribution in [0.4, 0.5) is 0 Å². The van der Waals surface area contributed by atoms with Gasteiger partial charge in [0.2, 0.25) is 5.91 Å². The molecule has 1 saturated carbocycles. The highest BCUT2D eigenvalue weighted by molar-refractivity contribution is 5.96. The van der Waals surface area contributed by atoms with E-state index in [0.717, 1.165) is 19.3 Å². The van der Waals surface area contributed by atoms with E-state index in [1.807, 2.05) is 0 Å². The number of hydrogen-bond donors (Lipinski definition) is 2. The Kier molecular flexibility index (Phi) is 3.97. The van der Waals surface area contributed by atoms with Crippen molar-refractivity contribution in [3.8, 4) is 0 Å². The van der Waals surface area contributed by atoms with Gasteiger partial charge in [-0.3, -0.25) is 19.4 Å². The number of nitrogens with two attached hydrogens (primary N) is 1. The largest absolute Gasteiger partial charge is 0.480 e. The Morgan fingerprint density at radius 3 is 2.45 bits per heavy atom. The fourth-order valence-corrected chi connectivity index (χ4v) is 2.02. The molecule has 20 heavy (non-hydrogen) atoms. The molecule has 1 heterocycles. The second-order valence-corrected chi connectivity index (χ2v) is 4.71. The third-order valence-corrected chi connectivity index (χ3v) is 3.35. The summed E-state index contributed by atoms with van der Waals surface area (Å²) in [6.45, 7) is -0.344. The molecule has 1 aliphatic rings. The van der Waals surface area contributed by atoms with Crippen LogP contribution in [0.1, 0.15) is 40.1 Å². The van der Waals surface area contributed by atoms with Gasteiger partial charge in [0.25, 0.3) is 5.91 Å². The topological polar surface area (TPSA) is 114 Å². The quantitative estimate of drug-likeness (QED) is 0.801. The minimum absolute atomic E-state index is 0.0452. The molecule has 1 aromatic heterocycles. The van der Waals surface area contributed by atoms with Gasteiger partial charge in [0.05, 0.1) is 5.56 Å². The van der Waals surface area contributed by atoms with Crippen LogP contribution in [0.3, 0.4) is 0 Å². The lowest BCUT2D eigenvalue weighted by molar-refractivity contribution is -0.138. The number of rotatable bonds is 5. The number of hydrogen-bond acceptors (Lipinski definition) is 4. The van der Waals surface area contributed by atoms with Gasteiger partial charge in [0, 0.05) is 12.2 Å². The normalized spacial score (nSPS) is 14.4. The molecule has 0 aliphatic heterocycles. The van der Waals surface area contributed by atoms with Gasteiger partial charge in [-0.05, 0) is 31.4 Å². The molecule has 0 unspecified atom stereocenters. The third kappa shape index (κ3) is 2.93. The van der Waals surface area contributed by atoms with Gasteiger partial charge in [-0.25, -0.2) is 0 Å². The van der Waals surface area contributed by atoms with Crippen LogP contribution in [-0.4, -0.2) is 45.4 Å². The minimum atomic E-state index is -1.06. The van der Waals surface area contributed by atoms with Gasteiger partial charge < -0.3 is 15.7 Å². The molecule has 1 aromatic rings. The maximum absolute atomic E-state index is 12.3. The first-order valence-corrected chi connectivity index (χ1v) is 6.27. The van der Waals surface area contributed by atoms with Crippen molar-refractivity contribution in [1.82, 2.24) is 9.88 Å². The zero-order valence-electron chi connectivity index (χ0n) is 10.8. The number of aliphatic carboxylic acids is 1. The Morgan fingerprint density at radius 2 is 2.05 bits per heavy atom. The SMILES string of the molecule is NC(=O)c1ccc(C(=O)N(CC(=O)O)C2CCC2)nc1. The number of carbonyl (C=O) groups excluding carboxylic acids is 2. The first-order valence-electron chi connectivity index (χ1n) is 6.27. The maximum Gasteiger partial charge on any atom is 0.323 e. The third-order valence-electron chi connectivity index (χ3n) is 3.35. The summed E-state index contributed by atoms with van der Waals surface area (Å²) in [4.78, 5) is 39.3. The number of carboxylic acids is 1. The highest BCUT2D eigenvalue weighted by Gasteiger charge is 2.31. The number of carbonyl (C=O) groups is 3. The zero-order chi connectivity index (χ0) is 14.7. The Morgan fingerprint density at radius 1 is 1.35 bits per heavy atom. The predicted octanol–water partition coefficient (Wildman–Crippen LogP) is 0.260. The van der Waals surface area contributed by atoms with E-state index in [1.54, 1.807) is 0 Å². The van der Waals surface area contributed by atoms with E-state index in [1.165, 1.54) is 23.2 Å². The molecule has 0 radical (unpaired) electrons. The molecule has 3 N–H and O–H groups in total. The van der Waals surface area contributed by atoms with Crippen molar-refractivity contribution in [2.45, 2.75) is 25.3 Å². The lowest BCUT2D eigenvalue weighted by Gasteiger charge is -2.36. The second-order valence-electron chi connectivity index (χ2n) is 4.71. The summed E-state index contributed by atoms with van der Waals surface area (Å²) < 4.78 is 0. The summed E-state index contributed by atoms with van der Waals surface area (Å²) in [5, 5.41) is 8.89. The van der Waals surface area contributed by atoms with Gasteiger partial charge in [-0.15, -0.1) is 0 Å². The van der Waals surface area contributed by atoms with Crippen LogP contribution in [0.25, 0.3) is 0 Å². The lowest BCUT2D eigenvalue weighted by Crippen LogP contribution is -2.47. The standard InChI is InChI=1S/C13H15N3O4/c14-12(19)8-4-5-10(15-6-8)13(20)16(7-11(17)18)9-2-1-3-9/h4-6,9H,1-3,7H2,(H2,14,19)(H,17,18). The summed E-state index contributed by atoms with van der Waals surface area (Å²) in [5.41, 5.74) is 5.41. The van der Waals surface area contributed by atoms with Crippen LogP contribution in [0.5, 0.6) is 0 Å². The fraction of sp³-hybridized carbons (Fsp3) is 0.385. The predicted molar refractivity (Wildman–Crippen MR) is 69.1 cm³/mol. The molecule has 2 amide bonds. The summed E-state index contributed by atoms with van der Waals surface area (Å²) >= 11 is 0. The van der Waals surface area contributed by atoms with Crippen molar-refractivity contribution in [1.29, 1.82) is 0 Å². The second kappa shape index (κ2) is 5.68. The molecule has 106 valence electrons. The zero-order valence-corrected chi connectivity index (χ0v) is 10.8.